The number of hydrogen-bond donors (Lipinski definition) is 1. The van der Waals surface area contributed by atoms with E-state index < -0.39 is 0 Å². The molecule has 3 unspecified atom stereocenters. The van der Waals surface area contributed by atoms with Gasteiger partial charge in [0, 0.05) is 10.9 Å². The third-order valence-corrected chi connectivity index (χ3v) is 4.98. The van der Waals surface area contributed by atoms with Gasteiger partial charge in [0.25, 0.3) is 0 Å². The van der Waals surface area contributed by atoms with Gasteiger partial charge < -0.3 is 5.32 Å². The van der Waals surface area contributed by atoms with E-state index >= 15 is 0 Å². The van der Waals surface area contributed by atoms with Crippen molar-refractivity contribution in [3.05, 3.63) is 22.4 Å². The molecule has 1 aliphatic rings. The summed E-state index contributed by atoms with van der Waals surface area (Å²) < 4.78 is 0. The molecule has 1 aliphatic carbocycles. The largest absolute Gasteiger partial charge is 0.317 e. The average Bonchev–Trinajstić information content (AvgIpc) is 2.82. The van der Waals surface area contributed by atoms with Crippen LogP contribution in [-0.4, -0.2) is 13.1 Å². The van der Waals surface area contributed by atoms with Crippen LogP contribution in [0.4, 0.5) is 0 Å². The molecule has 90 valence electrons. The molecule has 2 rings (SSSR count). The van der Waals surface area contributed by atoms with Crippen LogP contribution in [0, 0.1) is 11.8 Å². The van der Waals surface area contributed by atoms with Gasteiger partial charge in [-0.05, 0) is 56.0 Å². The van der Waals surface area contributed by atoms with Gasteiger partial charge in [0.05, 0.1) is 0 Å². The molecular weight excluding hydrogens is 214 g/mol. The Bertz CT molecular complexity index is 294. The second-order valence-electron chi connectivity index (χ2n) is 5.03. The third-order valence-electron chi connectivity index (χ3n) is 4.08. The Balaban J connectivity index is 1.97. The van der Waals surface area contributed by atoms with Crippen molar-refractivity contribution in [3.63, 3.8) is 0 Å². The Labute approximate surface area is 103 Å². The van der Waals surface area contributed by atoms with E-state index in [1.54, 1.807) is 4.88 Å². The Morgan fingerprint density at radius 1 is 1.44 bits per heavy atom. The van der Waals surface area contributed by atoms with Crippen molar-refractivity contribution in [1.82, 2.24) is 5.32 Å². The molecule has 0 radical (unpaired) electrons. The normalized spacial score (nSPS) is 30.5. The van der Waals surface area contributed by atoms with E-state index in [4.69, 9.17) is 0 Å². The summed E-state index contributed by atoms with van der Waals surface area (Å²) in [5.74, 6) is 1.82. The maximum Gasteiger partial charge on any atom is 0.00959 e. The first-order valence-electron chi connectivity index (χ1n) is 6.53. The van der Waals surface area contributed by atoms with Crippen molar-refractivity contribution in [2.45, 2.75) is 45.1 Å². The quantitative estimate of drug-likeness (QED) is 0.842. The molecule has 1 aromatic heterocycles. The zero-order valence-corrected chi connectivity index (χ0v) is 11.2. The van der Waals surface area contributed by atoms with E-state index in [2.05, 4.69) is 36.8 Å². The van der Waals surface area contributed by atoms with E-state index in [1.807, 2.05) is 11.3 Å². The summed E-state index contributed by atoms with van der Waals surface area (Å²) in [4.78, 5) is 1.56. The van der Waals surface area contributed by atoms with Crippen LogP contribution < -0.4 is 5.32 Å². The van der Waals surface area contributed by atoms with Crippen molar-refractivity contribution in [2.75, 3.05) is 7.05 Å². The highest BCUT2D eigenvalue weighted by atomic mass is 32.1. The monoisotopic (exact) mass is 237 g/mol. The number of rotatable bonds is 4. The van der Waals surface area contributed by atoms with Crippen LogP contribution in [-0.2, 0) is 6.42 Å². The van der Waals surface area contributed by atoms with Gasteiger partial charge in [-0.15, -0.1) is 11.3 Å². The van der Waals surface area contributed by atoms with Crippen LogP contribution in [0.5, 0.6) is 0 Å². The molecule has 0 bridgehead atoms. The van der Waals surface area contributed by atoms with Crippen molar-refractivity contribution in [3.8, 4) is 0 Å². The van der Waals surface area contributed by atoms with E-state index in [0.29, 0.717) is 0 Å². The molecule has 0 amide bonds. The van der Waals surface area contributed by atoms with E-state index in [1.165, 1.54) is 32.1 Å². The fourth-order valence-electron chi connectivity index (χ4n) is 3.02. The standard InChI is InChI=1S/C14H23NS/c1-3-11-6-7-14(15-2)12(9-11)10-13-5-4-8-16-13/h4-5,8,11-12,14-15H,3,6-7,9-10H2,1-2H3. The fraction of sp³-hybridized carbons (Fsp3) is 0.714. The van der Waals surface area contributed by atoms with Crippen molar-refractivity contribution >= 4 is 11.3 Å². The molecule has 0 aromatic carbocycles. The highest BCUT2D eigenvalue weighted by molar-refractivity contribution is 7.09. The SMILES string of the molecule is CCC1CCC(NC)C(Cc2cccs2)C1. The lowest BCUT2D eigenvalue weighted by atomic mass is 9.75. The summed E-state index contributed by atoms with van der Waals surface area (Å²) in [5.41, 5.74) is 0. The summed E-state index contributed by atoms with van der Waals surface area (Å²) in [7, 11) is 2.12. The Morgan fingerprint density at radius 3 is 2.94 bits per heavy atom. The molecule has 2 heteroatoms. The number of nitrogens with one attached hydrogen (secondary N) is 1. The van der Waals surface area contributed by atoms with Gasteiger partial charge in [0.2, 0.25) is 0 Å². The molecule has 1 aromatic rings. The molecule has 0 aliphatic heterocycles. The minimum Gasteiger partial charge on any atom is -0.317 e. The van der Waals surface area contributed by atoms with Crippen LogP contribution in [0.1, 0.15) is 37.5 Å². The first-order valence-corrected chi connectivity index (χ1v) is 7.41. The second kappa shape index (κ2) is 5.83. The van der Waals surface area contributed by atoms with Crippen LogP contribution in [0.2, 0.25) is 0 Å². The molecular formula is C14H23NS. The molecule has 1 N–H and O–H groups in total. The highest BCUT2D eigenvalue weighted by Gasteiger charge is 2.28. The van der Waals surface area contributed by atoms with Gasteiger partial charge in [-0.25, -0.2) is 0 Å². The maximum atomic E-state index is 3.52. The van der Waals surface area contributed by atoms with Crippen molar-refractivity contribution in [1.29, 1.82) is 0 Å². The molecule has 0 spiro atoms. The number of hydrogen-bond acceptors (Lipinski definition) is 2. The smallest absolute Gasteiger partial charge is 0.00959 e. The van der Waals surface area contributed by atoms with Gasteiger partial charge in [-0.1, -0.05) is 19.4 Å². The lowest BCUT2D eigenvalue weighted by Gasteiger charge is -2.35. The van der Waals surface area contributed by atoms with Gasteiger partial charge >= 0.3 is 0 Å². The van der Waals surface area contributed by atoms with E-state index in [9.17, 15) is 0 Å². The molecule has 1 saturated carbocycles. The van der Waals surface area contributed by atoms with Crippen LogP contribution in [0.15, 0.2) is 17.5 Å². The molecule has 16 heavy (non-hydrogen) atoms. The lowest BCUT2D eigenvalue weighted by molar-refractivity contribution is 0.206. The summed E-state index contributed by atoms with van der Waals surface area (Å²) in [6.45, 7) is 2.34. The van der Waals surface area contributed by atoms with Crippen LogP contribution in [0.3, 0.4) is 0 Å². The predicted octanol–water partition coefficient (Wildman–Crippen LogP) is 3.70. The third kappa shape index (κ3) is 2.86. The Hall–Kier alpha value is -0.340. The summed E-state index contributed by atoms with van der Waals surface area (Å²) >= 11 is 1.91. The van der Waals surface area contributed by atoms with Crippen molar-refractivity contribution in [2.24, 2.45) is 11.8 Å². The molecule has 1 nitrogen and oxygen atoms in total. The van der Waals surface area contributed by atoms with Gasteiger partial charge in [0.1, 0.15) is 0 Å². The molecule has 0 saturated heterocycles. The first kappa shape index (κ1) is 12.1. The summed E-state index contributed by atoms with van der Waals surface area (Å²) in [6.07, 6.45) is 6.84. The average molecular weight is 237 g/mol. The minimum atomic E-state index is 0.741. The molecule has 3 atom stereocenters. The Morgan fingerprint density at radius 2 is 2.31 bits per heavy atom. The van der Waals surface area contributed by atoms with Crippen LogP contribution >= 0.6 is 11.3 Å². The first-order chi connectivity index (χ1) is 7.83. The minimum absolute atomic E-state index is 0.741. The fourth-order valence-corrected chi connectivity index (χ4v) is 3.82. The summed E-state index contributed by atoms with van der Waals surface area (Å²) in [5, 5.41) is 5.71. The van der Waals surface area contributed by atoms with Gasteiger partial charge in [0.15, 0.2) is 0 Å². The zero-order valence-electron chi connectivity index (χ0n) is 10.4. The number of thiophene rings is 1. The second-order valence-corrected chi connectivity index (χ2v) is 6.06. The lowest BCUT2D eigenvalue weighted by Crippen LogP contribution is -2.39. The van der Waals surface area contributed by atoms with Gasteiger partial charge in [-0.2, -0.15) is 0 Å². The summed E-state index contributed by atoms with van der Waals surface area (Å²) in [6, 6.07) is 5.20. The maximum absolute atomic E-state index is 3.52. The van der Waals surface area contributed by atoms with Crippen LogP contribution in [0.25, 0.3) is 0 Å². The topological polar surface area (TPSA) is 12.0 Å². The van der Waals surface area contributed by atoms with Gasteiger partial charge in [-0.3, -0.25) is 0 Å². The van der Waals surface area contributed by atoms with E-state index in [0.717, 1.165) is 17.9 Å². The Kier molecular flexibility index (Phi) is 4.42. The van der Waals surface area contributed by atoms with Crippen molar-refractivity contribution < 1.29 is 0 Å². The molecule has 1 heterocycles. The van der Waals surface area contributed by atoms with E-state index in [-0.39, 0.29) is 0 Å². The predicted molar refractivity (Wildman–Crippen MR) is 72.0 cm³/mol. The molecule has 1 fully saturated rings. The highest BCUT2D eigenvalue weighted by Crippen LogP contribution is 2.33. The zero-order chi connectivity index (χ0) is 11.4.